The Bertz CT molecular complexity index is 281. The molecule has 7 nitrogen and oxygen atoms in total. The molecule has 1 atom stereocenters. The van der Waals surface area contributed by atoms with E-state index in [0.717, 1.165) is 0 Å². The number of hydrogen-bond donors (Lipinski definition) is 4. The van der Waals surface area contributed by atoms with Crippen LogP contribution in [-0.2, 0) is 9.53 Å². The van der Waals surface area contributed by atoms with Crippen LogP contribution < -0.4 is 10.6 Å². The standard InChI is InChI=1S/C11H22N2O5/c1-4-18-11(2,3)7-13-10(17)12-6-5-8(14)9(15)16/h8,14H,4-7H2,1-3H3,(H,15,16)(H2,12,13,17). The van der Waals surface area contributed by atoms with E-state index in [1.54, 1.807) is 0 Å². The summed E-state index contributed by atoms with van der Waals surface area (Å²) in [5.74, 6) is -1.30. The molecule has 0 aromatic rings. The van der Waals surface area contributed by atoms with Gasteiger partial charge in [-0.25, -0.2) is 9.59 Å². The number of carbonyl (C=O) groups is 2. The van der Waals surface area contributed by atoms with Crippen molar-refractivity contribution in [2.45, 2.75) is 38.9 Å². The van der Waals surface area contributed by atoms with Gasteiger partial charge in [0, 0.05) is 26.1 Å². The third kappa shape index (κ3) is 7.86. The summed E-state index contributed by atoms with van der Waals surface area (Å²) in [7, 11) is 0. The van der Waals surface area contributed by atoms with E-state index in [1.807, 2.05) is 20.8 Å². The summed E-state index contributed by atoms with van der Waals surface area (Å²) in [4.78, 5) is 21.6. The van der Waals surface area contributed by atoms with Gasteiger partial charge in [-0.2, -0.15) is 0 Å². The molecule has 0 saturated heterocycles. The van der Waals surface area contributed by atoms with E-state index in [9.17, 15) is 9.59 Å². The predicted molar refractivity (Wildman–Crippen MR) is 65.4 cm³/mol. The summed E-state index contributed by atoms with van der Waals surface area (Å²) in [6.45, 7) is 6.56. The van der Waals surface area contributed by atoms with Crippen molar-refractivity contribution in [1.82, 2.24) is 10.6 Å². The summed E-state index contributed by atoms with van der Waals surface area (Å²) in [6.07, 6.45) is -1.48. The largest absolute Gasteiger partial charge is 0.479 e. The van der Waals surface area contributed by atoms with Gasteiger partial charge in [0.15, 0.2) is 6.10 Å². The average Bonchev–Trinajstić information content (AvgIpc) is 2.26. The summed E-state index contributed by atoms with van der Waals surface area (Å²) in [5, 5.41) is 22.5. The van der Waals surface area contributed by atoms with Crippen LogP contribution in [0.15, 0.2) is 0 Å². The molecule has 18 heavy (non-hydrogen) atoms. The van der Waals surface area contributed by atoms with Crippen molar-refractivity contribution in [2.75, 3.05) is 19.7 Å². The second-order valence-corrected chi connectivity index (χ2v) is 4.44. The number of rotatable bonds is 8. The number of carbonyl (C=O) groups excluding carboxylic acids is 1. The molecule has 0 radical (unpaired) electrons. The smallest absolute Gasteiger partial charge is 0.332 e. The molecular weight excluding hydrogens is 240 g/mol. The topological polar surface area (TPSA) is 108 Å². The number of hydrogen-bond acceptors (Lipinski definition) is 4. The molecular formula is C11H22N2O5. The van der Waals surface area contributed by atoms with Crippen molar-refractivity contribution in [3.63, 3.8) is 0 Å². The van der Waals surface area contributed by atoms with Crippen molar-refractivity contribution in [3.05, 3.63) is 0 Å². The first-order valence-electron chi connectivity index (χ1n) is 5.85. The van der Waals surface area contributed by atoms with Gasteiger partial charge in [-0.15, -0.1) is 0 Å². The number of nitrogens with one attached hydrogen (secondary N) is 2. The second kappa shape index (κ2) is 7.88. The van der Waals surface area contributed by atoms with Gasteiger partial charge in [0.1, 0.15) is 0 Å². The third-order valence-corrected chi connectivity index (χ3v) is 2.20. The van der Waals surface area contributed by atoms with Crippen LogP contribution in [0.2, 0.25) is 0 Å². The van der Waals surface area contributed by atoms with Gasteiger partial charge in [0.2, 0.25) is 0 Å². The lowest BCUT2D eigenvalue weighted by Gasteiger charge is -2.24. The Morgan fingerprint density at radius 1 is 1.33 bits per heavy atom. The summed E-state index contributed by atoms with van der Waals surface area (Å²) >= 11 is 0. The van der Waals surface area contributed by atoms with Gasteiger partial charge in [-0.05, 0) is 20.8 Å². The minimum absolute atomic E-state index is 0.0302. The molecule has 0 aliphatic rings. The second-order valence-electron chi connectivity index (χ2n) is 4.44. The van der Waals surface area contributed by atoms with Crippen molar-refractivity contribution in [2.24, 2.45) is 0 Å². The SMILES string of the molecule is CCOC(C)(C)CNC(=O)NCCC(O)C(=O)O. The minimum Gasteiger partial charge on any atom is -0.479 e. The van der Waals surface area contributed by atoms with Gasteiger partial charge in [0.05, 0.1) is 5.60 Å². The number of aliphatic hydroxyl groups is 1. The van der Waals surface area contributed by atoms with Gasteiger partial charge in [-0.3, -0.25) is 0 Å². The van der Waals surface area contributed by atoms with Crippen LogP contribution in [-0.4, -0.2) is 53.6 Å². The third-order valence-electron chi connectivity index (χ3n) is 2.20. The highest BCUT2D eigenvalue weighted by molar-refractivity contribution is 5.74. The molecule has 0 aromatic heterocycles. The van der Waals surface area contributed by atoms with Crippen molar-refractivity contribution in [1.29, 1.82) is 0 Å². The molecule has 2 amide bonds. The van der Waals surface area contributed by atoms with Crippen LogP contribution in [0.25, 0.3) is 0 Å². The predicted octanol–water partition coefficient (Wildman–Crippen LogP) is -0.0637. The Morgan fingerprint density at radius 3 is 2.44 bits per heavy atom. The first-order chi connectivity index (χ1) is 8.28. The maximum absolute atomic E-state index is 11.3. The Labute approximate surface area is 107 Å². The Hall–Kier alpha value is -1.34. The van der Waals surface area contributed by atoms with Crippen molar-refractivity contribution >= 4 is 12.0 Å². The number of carboxylic acid groups (broad SMARTS) is 1. The molecule has 0 fully saturated rings. The fourth-order valence-electron chi connectivity index (χ4n) is 1.24. The van der Waals surface area contributed by atoms with Crippen LogP contribution in [0, 0.1) is 0 Å². The highest BCUT2D eigenvalue weighted by atomic mass is 16.5. The lowest BCUT2D eigenvalue weighted by atomic mass is 10.1. The lowest BCUT2D eigenvalue weighted by molar-refractivity contribution is -0.146. The fourth-order valence-corrected chi connectivity index (χ4v) is 1.24. The molecule has 0 rings (SSSR count). The molecule has 106 valence electrons. The van der Waals surface area contributed by atoms with Crippen molar-refractivity contribution in [3.8, 4) is 0 Å². The van der Waals surface area contributed by atoms with E-state index in [2.05, 4.69) is 10.6 Å². The van der Waals surface area contributed by atoms with Crippen LogP contribution >= 0.6 is 0 Å². The summed E-state index contributed by atoms with van der Waals surface area (Å²) < 4.78 is 5.39. The molecule has 0 heterocycles. The number of urea groups is 1. The van der Waals surface area contributed by atoms with E-state index in [4.69, 9.17) is 14.9 Å². The molecule has 7 heteroatoms. The molecule has 0 bridgehead atoms. The Morgan fingerprint density at radius 2 is 1.94 bits per heavy atom. The van der Waals surface area contributed by atoms with Crippen LogP contribution in [0.3, 0.4) is 0 Å². The normalized spacial score (nSPS) is 12.9. The molecule has 1 unspecified atom stereocenters. The molecule has 4 N–H and O–H groups in total. The quantitative estimate of drug-likeness (QED) is 0.490. The average molecular weight is 262 g/mol. The zero-order valence-corrected chi connectivity index (χ0v) is 11.0. The Kier molecular flexibility index (Phi) is 7.30. The van der Waals surface area contributed by atoms with Gasteiger partial charge >= 0.3 is 12.0 Å². The van der Waals surface area contributed by atoms with Crippen LogP contribution in [0.5, 0.6) is 0 Å². The van der Waals surface area contributed by atoms with E-state index in [-0.39, 0.29) is 13.0 Å². The molecule has 0 aromatic carbocycles. The van der Waals surface area contributed by atoms with E-state index >= 15 is 0 Å². The molecule has 0 saturated carbocycles. The zero-order chi connectivity index (χ0) is 14.2. The highest BCUT2D eigenvalue weighted by Crippen LogP contribution is 2.06. The number of amides is 2. The number of ether oxygens (including phenoxy) is 1. The Balaban J connectivity index is 3.76. The van der Waals surface area contributed by atoms with Crippen molar-refractivity contribution < 1.29 is 24.5 Å². The number of aliphatic carboxylic acids is 1. The zero-order valence-electron chi connectivity index (χ0n) is 11.0. The van der Waals surface area contributed by atoms with Gasteiger partial charge in [0.25, 0.3) is 0 Å². The van der Waals surface area contributed by atoms with Gasteiger partial charge < -0.3 is 25.6 Å². The van der Waals surface area contributed by atoms with E-state index in [1.165, 1.54) is 0 Å². The molecule has 0 aliphatic carbocycles. The monoisotopic (exact) mass is 262 g/mol. The minimum atomic E-state index is -1.45. The van der Waals surface area contributed by atoms with Crippen LogP contribution in [0.1, 0.15) is 27.2 Å². The summed E-state index contributed by atoms with van der Waals surface area (Å²) in [5.41, 5.74) is -0.452. The van der Waals surface area contributed by atoms with Gasteiger partial charge in [-0.1, -0.05) is 0 Å². The first-order valence-corrected chi connectivity index (χ1v) is 5.85. The van der Waals surface area contributed by atoms with E-state index < -0.39 is 23.7 Å². The molecule has 0 spiro atoms. The lowest BCUT2D eigenvalue weighted by Crippen LogP contribution is -2.45. The maximum Gasteiger partial charge on any atom is 0.332 e. The van der Waals surface area contributed by atoms with E-state index in [0.29, 0.717) is 13.2 Å². The number of aliphatic hydroxyl groups excluding tert-OH is 1. The summed E-state index contributed by atoms with van der Waals surface area (Å²) in [6, 6.07) is -0.416. The number of carboxylic acids is 1. The fraction of sp³-hybridized carbons (Fsp3) is 0.818. The van der Waals surface area contributed by atoms with Crippen LogP contribution in [0.4, 0.5) is 4.79 Å². The molecule has 0 aliphatic heterocycles. The first kappa shape index (κ1) is 16.7. The highest BCUT2D eigenvalue weighted by Gasteiger charge is 2.18. The maximum atomic E-state index is 11.3.